The van der Waals surface area contributed by atoms with Crippen molar-refractivity contribution in [2.24, 2.45) is 0 Å². The van der Waals surface area contributed by atoms with Crippen molar-refractivity contribution in [1.82, 2.24) is 5.32 Å². The van der Waals surface area contributed by atoms with Crippen LogP contribution in [0.2, 0.25) is 0 Å². The summed E-state index contributed by atoms with van der Waals surface area (Å²) in [5.41, 5.74) is 2.08. The van der Waals surface area contributed by atoms with Gasteiger partial charge in [0.1, 0.15) is 0 Å². The van der Waals surface area contributed by atoms with E-state index in [0.717, 1.165) is 12.8 Å². The molecule has 1 rings (SSSR count). The summed E-state index contributed by atoms with van der Waals surface area (Å²) in [6.07, 6.45) is 2.18. The molecular weight excluding hydrogens is 210 g/mol. The Morgan fingerprint density at radius 3 is 2.65 bits per heavy atom. The lowest BCUT2D eigenvalue weighted by atomic mass is 10.0. The Hall–Kier alpha value is -0.860. The quantitative estimate of drug-likeness (QED) is 0.794. The Morgan fingerprint density at radius 2 is 2.06 bits per heavy atom. The van der Waals surface area contributed by atoms with E-state index in [9.17, 15) is 5.11 Å². The van der Waals surface area contributed by atoms with Crippen LogP contribution in [0.15, 0.2) is 24.3 Å². The Morgan fingerprint density at radius 1 is 1.35 bits per heavy atom. The highest BCUT2D eigenvalue weighted by Crippen LogP contribution is 2.08. The molecule has 0 amide bonds. The van der Waals surface area contributed by atoms with Gasteiger partial charge < -0.3 is 10.4 Å². The third-order valence-corrected chi connectivity index (χ3v) is 2.83. The van der Waals surface area contributed by atoms with Crippen molar-refractivity contribution in [3.05, 3.63) is 35.4 Å². The van der Waals surface area contributed by atoms with Crippen LogP contribution in [0, 0.1) is 6.92 Å². The summed E-state index contributed by atoms with van der Waals surface area (Å²) in [5, 5.41) is 13.0. The predicted octanol–water partition coefficient (Wildman–Crippen LogP) is 2.68. The standard InChI is InChI=1S/C15H25NO/c1-12-6-5-7-14(10-12)9-8-13(2)16-11-15(3,4)17/h5-7,10,13,16-17H,8-9,11H2,1-4H3. The summed E-state index contributed by atoms with van der Waals surface area (Å²) in [4.78, 5) is 0. The smallest absolute Gasteiger partial charge is 0.0715 e. The molecular formula is C15H25NO. The second kappa shape index (κ2) is 6.18. The van der Waals surface area contributed by atoms with E-state index in [2.05, 4.69) is 43.4 Å². The zero-order valence-electron chi connectivity index (χ0n) is 11.5. The van der Waals surface area contributed by atoms with Gasteiger partial charge in [0.15, 0.2) is 0 Å². The summed E-state index contributed by atoms with van der Waals surface area (Å²) < 4.78 is 0. The maximum atomic E-state index is 9.63. The van der Waals surface area contributed by atoms with Crippen LogP contribution in [0.25, 0.3) is 0 Å². The van der Waals surface area contributed by atoms with Gasteiger partial charge in [0.05, 0.1) is 5.60 Å². The van der Waals surface area contributed by atoms with E-state index in [0.29, 0.717) is 12.6 Å². The minimum atomic E-state index is -0.627. The molecule has 0 bridgehead atoms. The number of hydrogen-bond donors (Lipinski definition) is 2. The van der Waals surface area contributed by atoms with Gasteiger partial charge in [0, 0.05) is 12.6 Å². The van der Waals surface area contributed by atoms with E-state index < -0.39 is 5.60 Å². The number of hydrogen-bond acceptors (Lipinski definition) is 2. The fraction of sp³-hybridized carbons (Fsp3) is 0.600. The molecule has 2 nitrogen and oxygen atoms in total. The lowest BCUT2D eigenvalue weighted by molar-refractivity contribution is 0.0767. The molecule has 0 aliphatic rings. The molecule has 0 fully saturated rings. The molecule has 0 spiro atoms. The van der Waals surface area contributed by atoms with Crippen LogP contribution in [0.3, 0.4) is 0 Å². The van der Waals surface area contributed by atoms with E-state index in [4.69, 9.17) is 0 Å². The summed E-state index contributed by atoms with van der Waals surface area (Å²) in [7, 11) is 0. The van der Waals surface area contributed by atoms with Crippen LogP contribution in [0.1, 0.15) is 38.3 Å². The first-order valence-electron chi connectivity index (χ1n) is 6.38. The Bertz CT molecular complexity index is 341. The molecule has 96 valence electrons. The highest BCUT2D eigenvalue weighted by molar-refractivity contribution is 5.22. The summed E-state index contributed by atoms with van der Waals surface area (Å²) in [5.74, 6) is 0. The van der Waals surface area contributed by atoms with Crippen molar-refractivity contribution in [3.8, 4) is 0 Å². The van der Waals surface area contributed by atoms with Crippen molar-refractivity contribution >= 4 is 0 Å². The molecule has 0 heterocycles. The average Bonchev–Trinajstić information content (AvgIpc) is 2.23. The maximum Gasteiger partial charge on any atom is 0.0715 e. The molecule has 0 saturated carbocycles. The fourth-order valence-electron chi connectivity index (χ4n) is 1.78. The molecule has 17 heavy (non-hydrogen) atoms. The lowest BCUT2D eigenvalue weighted by Gasteiger charge is -2.21. The average molecular weight is 235 g/mol. The number of aliphatic hydroxyl groups is 1. The van der Waals surface area contributed by atoms with Crippen LogP contribution in [0.4, 0.5) is 0 Å². The number of rotatable bonds is 6. The first kappa shape index (κ1) is 14.2. The summed E-state index contributed by atoms with van der Waals surface area (Å²) in [6.45, 7) is 8.59. The minimum Gasteiger partial charge on any atom is -0.389 e. The van der Waals surface area contributed by atoms with E-state index in [1.54, 1.807) is 0 Å². The van der Waals surface area contributed by atoms with Gasteiger partial charge >= 0.3 is 0 Å². The first-order valence-corrected chi connectivity index (χ1v) is 6.38. The van der Waals surface area contributed by atoms with Gasteiger partial charge in [-0.3, -0.25) is 0 Å². The monoisotopic (exact) mass is 235 g/mol. The van der Waals surface area contributed by atoms with E-state index >= 15 is 0 Å². The Balaban J connectivity index is 2.31. The predicted molar refractivity (Wildman–Crippen MR) is 73.3 cm³/mol. The minimum absolute atomic E-state index is 0.432. The van der Waals surface area contributed by atoms with Crippen molar-refractivity contribution in [3.63, 3.8) is 0 Å². The van der Waals surface area contributed by atoms with Crippen LogP contribution < -0.4 is 5.32 Å². The molecule has 0 aromatic heterocycles. The van der Waals surface area contributed by atoms with Crippen LogP contribution in [0.5, 0.6) is 0 Å². The summed E-state index contributed by atoms with van der Waals surface area (Å²) in [6, 6.07) is 9.08. The lowest BCUT2D eigenvalue weighted by Crippen LogP contribution is -2.39. The van der Waals surface area contributed by atoms with Crippen molar-refractivity contribution in [2.45, 2.75) is 52.2 Å². The normalized spacial score (nSPS) is 13.7. The second-order valence-electron chi connectivity index (χ2n) is 5.62. The zero-order valence-corrected chi connectivity index (χ0v) is 11.5. The number of aryl methyl sites for hydroxylation is 2. The topological polar surface area (TPSA) is 32.3 Å². The SMILES string of the molecule is Cc1cccc(CCC(C)NCC(C)(C)O)c1. The van der Waals surface area contributed by atoms with Gasteiger partial charge in [-0.2, -0.15) is 0 Å². The van der Waals surface area contributed by atoms with E-state index in [1.165, 1.54) is 11.1 Å². The van der Waals surface area contributed by atoms with Gasteiger partial charge in [-0.15, -0.1) is 0 Å². The third-order valence-electron chi connectivity index (χ3n) is 2.83. The van der Waals surface area contributed by atoms with Crippen LogP contribution in [-0.4, -0.2) is 23.3 Å². The van der Waals surface area contributed by atoms with Crippen LogP contribution in [-0.2, 0) is 6.42 Å². The molecule has 0 saturated heterocycles. The van der Waals surface area contributed by atoms with Gasteiger partial charge in [-0.1, -0.05) is 29.8 Å². The molecule has 1 aromatic carbocycles. The highest BCUT2D eigenvalue weighted by Gasteiger charge is 2.13. The van der Waals surface area contributed by atoms with Crippen molar-refractivity contribution in [2.75, 3.05) is 6.54 Å². The Labute approximate surface area is 105 Å². The maximum absolute atomic E-state index is 9.63. The highest BCUT2D eigenvalue weighted by atomic mass is 16.3. The number of nitrogens with one attached hydrogen (secondary N) is 1. The van der Waals surface area contributed by atoms with Crippen molar-refractivity contribution in [1.29, 1.82) is 0 Å². The Kier molecular flexibility index (Phi) is 5.16. The zero-order chi connectivity index (χ0) is 12.9. The molecule has 2 heteroatoms. The first-order chi connectivity index (χ1) is 7.87. The van der Waals surface area contributed by atoms with Crippen LogP contribution >= 0.6 is 0 Å². The van der Waals surface area contributed by atoms with Gasteiger partial charge in [-0.25, -0.2) is 0 Å². The van der Waals surface area contributed by atoms with E-state index in [1.807, 2.05) is 13.8 Å². The molecule has 0 aliphatic carbocycles. The fourth-order valence-corrected chi connectivity index (χ4v) is 1.78. The van der Waals surface area contributed by atoms with E-state index in [-0.39, 0.29) is 0 Å². The largest absolute Gasteiger partial charge is 0.389 e. The van der Waals surface area contributed by atoms with Gasteiger partial charge in [0.2, 0.25) is 0 Å². The summed E-state index contributed by atoms with van der Waals surface area (Å²) >= 11 is 0. The van der Waals surface area contributed by atoms with Gasteiger partial charge in [0.25, 0.3) is 0 Å². The number of benzene rings is 1. The third kappa shape index (κ3) is 6.44. The molecule has 1 aromatic rings. The molecule has 0 aliphatic heterocycles. The molecule has 2 N–H and O–H groups in total. The molecule has 1 unspecified atom stereocenters. The van der Waals surface area contributed by atoms with Crippen molar-refractivity contribution < 1.29 is 5.11 Å². The molecule has 0 radical (unpaired) electrons. The second-order valence-corrected chi connectivity index (χ2v) is 5.62. The molecule has 1 atom stereocenters. The van der Waals surface area contributed by atoms with Gasteiger partial charge in [-0.05, 0) is 46.1 Å².